The zero-order valence-corrected chi connectivity index (χ0v) is 12.6. The van der Waals surface area contributed by atoms with Crippen molar-refractivity contribution in [2.24, 2.45) is 0 Å². The number of rotatable bonds is 5. The molecular weight excluding hydrogens is 286 g/mol. The van der Waals surface area contributed by atoms with Crippen molar-refractivity contribution in [3.05, 3.63) is 59.0 Å². The number of benzene rings is 1. The average Bonchev–Trinajstić information content (AvgIpc) is 2.98. The highest BCUT2D eigenvalue weighted by molar-refractivity contribution is 5.95. The molecular formula is C16H17NO5. The first-order chi connectivity index (χ1) is 10.5. The van der Waals surface area contributed by atoms with Gasteiger partial charge in [0.05, 0.1) is 18.7 Å². The monoisotopic (exact) mass is 303 g/mol. The molecule has 1 unspecified atom stereocenters. The van der Waals surface area contributed by atoms with Crippen LogP contribution in [0.2, 0.25) is 0 Å². The zero-order chi connectivity index (χ0) is 16.3. The number of furan rings is 1. The van der Waals surface area contributed by atoms with E-state index in [2.05, 4.69) is 0 Å². The number of amides is 1. The van der Waals surface area contributed by atoms with Crippen molar-refractivity contribution in [2.45, 2.75) is 19.9 Å². The summed E-state index contributed by atoms with van der Waals surface area (Å²) in [4.78, 5) is 28.5. The Hall–Kier alpha value is -2.60. The molecule has 2 aromatic rings. The molecule has 0 aliphatic carbocycles. The minimum absolute atomic E-state index is 0.0806. The van der Waals surface area contributed by atoms with Crippen LogP contribution in [0.25, 0.3) is 0 Å². The fourth-order valence-electron chi connectivity index (χ4n) is 2.27. The second kappa shape index (κ2) is 6.44. The highest BCUT2D eigenvalue weighted by Gasteiger charge is 2.27. The predicted octanol–water partition coefficient (Wildman–Crippen LogP) is 3.05. The molecule has 0 bridgehead atoms. The van der Waals surface area contributed by atoms with E-state index in [-0.39, 0.29) is 17.4 Å². The molecule has 1 heterocycles. The lowest BCUT2D eigenvalue weighted by Gasteiger charge is -2.27. The Morgan fingerprint density at radius 2 is 2.00 bits per heavy atom. The van der Waals surface area contributed by atoms with E-state index in [1.54, 1.807) is 0 Å². The highest BCUT2D eigenvalue weighted by Crippen LogP contribution is 2.25. The Balaban J connectivity index is 2.28. The van der Waals surface area contributed by atoms with Crippen molar-refractivity contribution < 1.29 is 24.0 Å². The summed E-state index contributed by atoms with van der Waals surface area (Å²) in [5.74, 6) is -1.77. The largest absolute Gasteiger partial charge is 0.478 e. The Labute approximate surface area is 127 Å². The van der Waals surface area contributed by atoms with Crippen LogP contribution in [-0.2, 0) is 4.84 Å². The van der Waals surface area contributed by atoms with Crippen molar-refractivity contribution in [1.29, 1.82) is 0 Å². The van der Waals surface area contributed by atoms with Gasteiger partial charge in [0.25, 0.3) is 0 Å². The Morgan fingerprint density at radius 1 is 1.32 bits per heavy atom. The lowest BCUT2D eigenvalue weighted by atomic mass is 10.0. The number of carbonyl (C=O) groups is 2. The molecule has 0 radical (unpaired) electrons. The van der Waals surface area contributed by atoms with Gasteiger partial charge in [0.2, 0.25) is 0 Å². The molecule has 2 rings (SSSR count). The molecule has 1 amide bonds. The smallest absolute Gasteiger partial charge is 0.338 e. The highest BCUT2D eigenvalue weighted by atomic mass is 16.7. The summed E-state index contributed by atoms with van der Waals surface area (Å²) in [6.07, 6.45) is 1.03. The Bertz CT molecular complexity index is 691. The first kappa shape index (κ1) is 15.8. The summed E-state index contributed by atoms with van der Waals surface area (Å²) in [5, 5.41) is 10.0. The number of carboxylic acid groups (broad SMARTS) is 1. The maximum Gasteiger partial charge on any atom is 0.338 e. The molecule has 6 heteroatoms. The number of carboxylic acids is 1. The number of carbonyl (C=O) groups excluding carboxylic acids is 1. The van der Waals surface area contributed by atoms with Gasteiger partial charge in [-0.15, -0.1) is 0 Å². The SMILES string of the molecule is CON(C(=O)c1cc(C(=O)O)co1)C(C)c1ccccc1C. The molecule has 1 aromatic carbocycles. The van der Waals surface area contributed by atoms with E-state index in [1.807, 2.05) is 38.1 Å². The molecule has 1 N–H and O–H groups in total. The van der Waals surface area contributed by atoms with E-state index < -0.39 is 11.9 Å². The normalized spacial score (nSPS) is 12.0. The van der Waals surface area contributed by atoms with Crippen LogP contribution in [0.4, 0.5) is 0 Å². The molecule has 0 fully saturated rings. The number of hydrogen-bond donors (Lipinski definition) is 1. The molecule has 116 valence electrons. The third kappa shape index (κ3) is 3.01. The average molecular weight is 303 g/mol. The van der Waals surface area contributed by atoms with E-state index in [4.69, 9.17) is 14.4 Å². The van der Waals surface area contributed by atoms with E-state index in [1.165, 1.54) is 13.2 Å². The molecule has 0 aliphatic heterocycles. The quantitative estimate of drug-likeness (QED) is 0.859. The fourth-order valence-corrected chi connectivity index (χ4v) is 2.27. The minimum Gasteiger partial charge on any atom is -0.478 e. The number of aryl methyl sites for hydroxylation is 1. The van der Waals surface area contributed by atoms with Crippen molar-refractivity contribution in [1.82, 2.24) is 5.06 Å². The molecule has 6 nitrogen and oxygen atoms in total. The number of aromatic carboxylic acids is 1. The molecule has 0 spiro atoms. The summed E-state index contributed by atoms with van der Waals surface area (Å²) < 4.78 is 5.03. The van der Waals surface area contributed by atoms with Gasteiger partial charge in [-0.2, -0.15) is 0 Å². The van der Waals surface area contributed by atoms with Crippen LogP contribution in [0, 0.1) is 6.92 Å². The summed E-state index contributed by atoms with van der Waals surface area (Å²) in [6, 6.07) is 8.48. The minimum atomic E-state index is -1.15. The van der Waals surface area contributed by atoms with E-state index >= 15 is 0 Å². The third-order valence-corrected chi connectivity index (χ3v) is 3.44. The van der Waals surface area contributed by atoms with Crippen LogP contribution in [0.15, 0.2) is 41.0 Å². The molecule has 1 atom stereocenters. The van der Waals surface area contributed by atoms with Crippen molar-refractivity contribution in [3.63, 3.8) is 0 Å². The predicted molar refractivity (Wildman–Crippen MR) is 78.4 cm³/mol. The summed E-state index contributed by atoms with van der Waals surface area (Å²) in [5.41, 5.74) is 1.88. The standard InChI is InChI=1S/C16H17NO5/c1-10-6-4-5-7-13(10)11(2)17(21-3)15(18)14-8-12(9-22-14)16(19)20/h4-9,11H,1-3H3,(H,19,20). The summed E-state index contributed by atoms with van der Waals surface area (Å²) in [7, 11) is 1.38. The molecule has 0 saturated carbocycles. The van der Waals surface area contributed by atoms with Crippen molar-refractivity contribution in [2.75, 3.05) is 7.11 Å². The number of hydroxylamine groups is 2. The molecule has 1 aromatic heterocycles. The lowest BCUT2D eigenvalue weighted by molar-refractivity contribution is -0.122. The molecule has 0 aliphatic rings. The Kier molecular flexibility index (Phi) is 4.62. The summed E-state index contributed by atoms with van der Waals surface area (Å²) >= 11 is 0. The van der Waals surface area contributed by atoms with Gasteiger partial charge >= 0.3 is 11.9 Å². The second-order valence-corrected chi connectivity index (χ2v) is 4.85. The van der Waals surface area contributed by atoms with Crippen LogP contribution in [0.3, 0.4) is 0 Å². The molecule has 0 saturated heterocycles. The van der Waals surface area contributed by atoms with Gasteiger partial charge in [0.15, 0.2) is 5.76 Å². The van der Waals surface area contributed by atoms with E-state index in [0.717, 1.165) is 22.5 Å². The van der Waals surface area contributed by atoms with Gasteiger partial charge in [-0.05, 0) is 25.0 Å². The van der Waals surface area contributed by atoms with Crippen LogP contribution in [0.1, 0.15) is 45.0 Å². The fraction of sp³-hybridized carbons (Fsp3) is 0.250. The van der Waals surface area contributed by atoms with Gasteiger partial charge < -0.3 is 9.52 Å². The first-order valence-electron chi connectivity index (χ1n) is 6.70. The maximum atomic E-state index is 12.5. The number of nitrogens with zero attached hydrogens (tertiary/aromatic N) is 1. The first-order valence-corrected chi connectivity index (χ1v) is 6.70. The van der Waals surface area contributed by atoms with E-state index in [9.17, 15) is 9.59 Å². The van der Waals surface area contributed by atoms with Gasteiger partial charge in [-0.3, -0.25) is 9.63 Å². The lowest BCUT2D eigenvalue weighted by Crippen LogP contribution is -2.32. The molecule has 22 heavy (non-hydrogen) atoms. The van der Waals surface area contributed by atoms with E-state index in [0.29, 0.717) is 0 Å². The van der Waals surface area contributed by atoms with Gasteiger partial charge in [-0.25, -0.2) is 9.86 Å². The van der Waals surface area contributed by atoms with Crippen LogP contribution in [0.5, 0.6) is 0 Å². The van der Waals surface area contributed by atoms with Crippen LogP contribution >= 0.6 is 0 Å². The topological polar surface area (TPSA) is 80.0 Å². The van der Waals surface area contributed by atoms with Crippen molar-refractivity contribution in [3.8, 4) is 0 Å². The zero-order valence-electron chi connectivity index (χ0n) is 12.6. The summed E-state index contributed by atoms with van der Waals surface area (Å²) in [6.45, 7) is 3.77. The van der Waals surface area contributed by atoms with Crippen LogP contribution < -0.4 is 0 Å². The third-order valence-electron chi connectivity index (χ3n) is 3.44. The second-order valence-electron chi connectivity index (χ2n) is 4.85. The Morgan fingerprint density at radius 3 is 2.55 bits per heavy atom. The maximum absolute atomic E-state index is 12.5. The number of hydrogen-bond acceptors (Lipinski definition) is 4. The van der Waals surface area contributed by atoms with Gasteiger partial charge in [0.1, 0.15) is 6.26 Å². The van der Waals surface area contributed by atoms with Gasteiger partial charge in [-0.1, -0.05) is 24.3 Å². The van der Waals surface area contributed by atoms with Crippen LogP contribution in [-0.4, -0.2) is 29.2 Å². The van der Waals surface area contributed by atoms with Crippen molar-refractivity contribution >= 4 is 11.9 Å². The van der Waals surface area contributed by atoms with Gasteiger partial charge in [0, 0.05) is 6.07 Å².